The quantitative estimate of drug-likeness (QED) is 0.533. The van der Waals surface area contributed by atoms with Gasteiger partial charge in [-0.1, -0.05) is 0 Å². The summed E-state index contributed by atoms with van der Waals surface area (Å²) in [5.41, 5.74) is -1.01. The fourth-order valence-corrected chi connectivity index (χ4v) is 4.86. The van der Waals surface area contributed by atoms with E-state index in [-0.39, 0.29) is 39.6 Å². The highest BCUT2D eigenvalue weighted by atomic mass is 32.2. The van der Waals surface area contributed by atoms with Crippen LogP contribution in [0.1, 0.15) is 70.4 Å². The van der Waals surface area contributed by atoms with Crippen LogP contribution < -0.4 is 14.8 Å². The minimum atomic E-state index is -4.07. The number of amides is 1. The SMILES string of the molecule is Cc1c(C(=O)O)nn(C(C)(C)C)c1Oc1ccc(NC(=O)C2CC2)cc1S(=O)(=O)NC(C)(C)C. The molecule has 0 spiro atoms. The summed E-state index contributed by atoms with van der Waals surface area (Å²) in [6, 6.07) is 4.34. The molecule has 1 heterocycles. The van der Waals surface area contributed by atoms with Crippen LogP contribution >= 0.6 is 0 Å². The second-order valence-electron chi connectivity index (χ2n) is 10.5. The number of carboxylic acids is 1. The number of aromatic carboxylic acids is 1. The Kier molecular flexibility index (Phi) is 6.57. The molecule has 1 aliphatic rings. The predicted octanol–water partition coefficient (Wildman–Crippen LogP) is 3.86. The normalized spacial score (nSPS) is 14.7. The highest BCUT2D eigenvalue weighted by Crippen LogP contribution is 2.37. The predicted molar refractivity (Wildman–Crippen MR) is 127 cm³/mol. The first kappa shape index (κ1) is 25.7. The van der Waals surface area contributed by atoms with Gasteiger partial charge in [0.05, 0.1) is 5.54 Å². The van der Waals surface area contributed by atoms with Gasteiger partial charge in [0, 0.05) is 22.7 Å². The van der Waals surface area contributed by atoms with Crippen LogP contribution in [0.4, 0.5) is 5.69 Å². The molecule has 1 aliphatic carbocycles. The van der Waals surface area contributed by atoms with Gasteiger partial charge in [-0.05, 0) is 79.5 Å². The molecule has 1 amide bonds. The van der Waals surface area contributed by atoms with Gasteiger partial charge in [-0.25, -0.2) is 22.6 Å². The van der Waals surface area contributed by atoms with E-state index in [9.17, 15) is 23.1 Å². The van der Waals surface area contributed by atoms with Gasteiger partial charge >= 0.3 is 5.97 Å². The molecule has 2 aromatic rings. The molecule has 34 heavy (non-hydrogen) atoms. The van der Waals surface area contributed by atoms with Crippen molar-refractivity contribution in [2.24, 2.45) is 5.92 Å². The zero-order chi connectivity index (χ0) is 25.6. The molecular weight excluding hydrogens is 460 g/mol. The molecule has 10 nitrogen and oxygen atoms in total. The topological polar surface area (TPSA) is 140 Å². The summed E-state index contributed by atoms with van der Waals surface area (Å²) in [7, 11) is -4.07. The van der Waals surface area contributed by atoms with E-state index in [1.807, 2.05) is 20.8 Å². The monoisotopic (exact) mass is 492 g/mol. The van der Waals surface area contributed by atoms with E-state index in [0.717, 1.165) is 12.8 Å². The van der Waals surface area contributed by atoms with Crippen LogP contribution in [0.2, 0.25) is 0 Å². The molecule has 3 rings (SSSR count). The second kappa shape index (κ2) is 8.70. The molecule has 0 aliphatic heterocycles. The maximum Gasteiger partial charge on any atom is 0.356 e. The number of carboxylic acid groups (broad SMARTS) is 1. The molecule has 0 atom stereocenters. The Morgan fingerprint density at radius 1 is 1.15 bits per heavy atom. The molecule has 11 heteroatoms. The number of nitrogens with zero attached hydrogens (tertiary/aromatic N) is 2. The molecular formula is C23H32N4O6S. The van der Waals surface area contributed by atoms with E-state index in [1.165, 1.54) is 16.8 Å². The number of benzene rings is 1. The van der Waals surface area contributed by atoms with Crippen molar-refractivity contribution in [2.45, 2.75) is 77.3 Å². The van der Waals surface area contributed by atoms with Crippen LogP contribution in [0.15, 0.2) is 23.1 Å². The summed E-state index contributed by atoms with van der Waals surface area (Å²) in [6.45, 7) is 12.2. The first-order chi connectivity index (χ1) is 15.5. The Bertz CT molecular complexity index is 1230. The van der Waals surface area contributed by atoms with Crippen molar-refractivity contribution in [3.8, 4) is 11.6 Å². The largest absolute Gasteiger partial charge is 0.476 e. The summed E-state index contributed by atoms with van der Waals surface area (Å²) < 4.78 is 36.7. The zero-order valence-corrected chi connectivity index (χ0v) is 21.3. The average Bonchev–Trinajstić information content (AvgIpc) is 3.45. The van der Waals surface area contributed by atoms with E-state index in [4.69, 9.17) is 4.74 Å². The van der Waals surface area contributed by atoms with Gasteiger partial charge in [-0.15, -0.1) is 0 Å². The van der Waals surface area contributed by atoms with Crippen molar-refractivity contribution in [1.82, 2.24) is 14.5 Å². The molecule has 1 aromatic carbocycles. The lowest BCUT2D eigenvalue weighted by Crippen LogP contribution is -2.40. The first-order valence-electron chi connectivity index (χ1n) is 11.0. The van der Waals surface area contributed by atoms with Gasteiger partial charge in [0.1, 0.15) is 10.6 Å². The zero-order valence-electron chi connectivity index (χ0n) is 20.5. The van der Waals surface area contributed by atoms with E-state index >= 15 is 0 Å². The van der Waals surface area contributed by atoms with Crippen LogP contribution in [-0.4, -0.2) is 40.7 Å². The van der Waals surface area contributed by atoms with Crippen LogP contribution in [0, 0.1) is 12.8 Å². The third kappa shape index (κ3) is 5.76. The van der Waals surface area contributed by atoms with Crippen LogP contribution in [0.5, 0.6) is 11.6 Å². The Balaban J connectivity index is 2.12. The van der Waals surface area contributed by atoms with Gasteiger partial charge < -0.3 is 15.2 Å². The lowest BCUT2D eigenvalue weighted by molar-refractivity contribution is -0.117. The highest BCUT2D eigenvalue weighted by molar-refractivity contribution is 7.89. The van der Waals surface area contributed by atoms with Crippen molar-refractivity contribution < 1.29 is 27.9 Å². The Morgan fingerprint density at radius 2 is 1.76 bits per heavy atom. The minimum Gasteiger partial charge on any atom is -0.476 e. The average molecular weight is 493 g/mol. The summed E-state index contributed by atoms with van der Waals surface area (Å²) in [5, 5.41) is 16.5. The number of ether oxygens (including phenoxy) is 1. The fraction of sp³-hybridized carbons (Fsp3) is 0.522. The van der Waals surface area contributed by atoms with Crippen molar-refractivity contribution in [1.29, 1.82) is 0 Å². The maximum absolute atomic E-state index is 13.3. The number of hydrogen-bond donors (Lipinski definition) is 3. The number of anilines is 1. The molecule has 0 bridgehead atoms. The summed E-state index contributed by atoms with van der Waals surface area (Å²) in [6.07, 6.45) is 1.62. The molecule has 0 saturated heterocycles. The fourth-order valence-electron chi connectivity index (χ4n) is 3.29. The van der Waals surface area contributed by atoms with Crippen molar-refractivity contribution in [2.75, 3.05) is 5.32 Å². The lowest BCUT2D eigenvalue weighted by atomic mass is 10.1. The Labute approximate surface area is 199 Å². The lowest BCUT2D eigenvalue weighted by Gasteiger charge is -2.24. The van der Waals surface area contributed by atoms with Crippen LogP contribution in [-0.2, 0) is 20.4 Å². The van der Waals surface area contributed by atoms with Crippen LogP contribution in [0.3, 0.4) is 0 Å². The smallest absolute Gasteiger partial charge is 0.356 e. The molecule has 186 valence electrons. The van der Waals surface area contributed by atoms with Crippen molar-refractivity contribution in [3.63, 3.8) is 0 Å². The molecule has 3 N–H and O–H groups in total. The standard InChI is InChI=1S/C23H32N4O6S/c1-13-18(21(29)30)25-27(23(5,6)7)20(13)33-16-11-10-15(24-19(28)14-8-9-14)12-17(16)34(31,32)26-22(2,3)4/h10-12,14,26H,8-9H2,1-7H3,(H,24,28)(H,29,30). The van der Waals surface area contributed by atoms with E-state index < -0.39 is 27.1 Å². The number of aromatic nitrogens is 2. The van der Waals surface area contributed by atoms with Crippen LogP contribution in [0.25, 0.3) is 0 Å². The second-order valence-corrected chi connectivity index (χ2v) is 12.2. The van der Waals surface area contributed by atoms with E-state index in [2.05, 4.69) is 15.1 Å². The number of carbonyl (C=O) groups excluding carboxylic acids is 1. The van der Waals surface area contributed by atoms with E-state index in [1.54, 1.807) is 33.8 Å². The third-order valence-corrected chi connectivity index (χ3v) is 6.78. The first-order valence-corrected chi connectivity index (χ1v) is 12.5. The van der Waals surface area contributed by atoms with Gasteiger partial charge in [-0.2, -0.15) is 5.10 Å². The highest BCUT2D eigenvalue weighted by Gasteiger charge is 2.32. The number of hydrogen-bond acceptors (Lipinski definition) is 6. The molecule has 1 saturated carbocycles. The molecule has 1 fully saturated rings. The Morgan fingerprint density at radius 3 is 2.26 bits per heavy atom. The van der Waals surface area contributed by atoms with Crippen molar-refractivity contribution in [3.05, 3.63) is 29.5 Å². The molecule has 0 unspecified atom stereocenters. The van der Waals surface area contributed by atoms with Crippen molar-refractivity contribution >= 4 is 27.6 Å². The summed E-state index contributed by atoms with van der Waals surface area (Å²) >= 11 is 0. The Hall–Kier alpha value is -2.92. The van der Waals surface area contributed by atoms with Gasteiger partial charge in [-0.3, -0.25) is 4.79 Å². The van der Waals surface area contributed by atoms with E-state index in [0.29, 0.717) is 5.69 Å². The summed E-state index contributed by atoms with van der Waals surface area (Å²) in [4.78, 5) is 23.7. The van der Waals surface area contributed by atoms with Gasteiger partial charge in [0.2, 0.25) is 21.8 Å². The summed E-state index contributed by atoms with van der Waals surface area (Å²) in [5.74, 6) is -1.33. The van der Waals surface area contributed by atoms with Gasteiger partial charge in [0.15, 0.2) is 5.69 Å². The number of nitrogens with one attached hydrogen (secondary N) is 2. The van der Waals surface area contributed by atoms with Gasteiger partial charge in [0.25, 0.3) is 0 Å². The molecule has 1 aromatic heterocycles. The molecule has 0 radical (unpaired) electrons. The number of carbonyl (C=O) groups is 2. The number of sulfonamides is 1. The number of rotatable bonds is 7. The maximum atomic E-state index is 13.3. The third-order valence-electron chi connectivity index (χ3n) is 5.00. The minimum absolute atomic E-state index is 0.0217.